The van der Waals surface area contributed by atoms with Gasteiger partial charge in [0.2, 0.25) is 5.78 Å². The van der Waals surface area contributed by atoms with Gasteiger partial charge < -0.3 is 10.7 Å². The van der Waals surface area contributed by atoms with E-state index in [1.807, 2.05) is 55.5 Å². The van der Waals surface area contributed by atoms with Crippen molar-refractivity contribution >= 4 is 43.6 Å². The lowest BCUT2D eigenvalue weighted by molar-refractivity contribution is 0.103. The van der Waals surface area contributed by atoms with Gasteiger partial charge in [0, 0.05) is 11.8 Å². The molecule has 3 aromatic heterocycles. The number of nitrogens with one attached hydrogen (secondary N) is 1. The molecule has 7 aromatic rings. The second kappa shape index (κ2) is 10.1. The van der Waals surface area contributed by atoms with E-state index < -0.39 is 15.8 Å². The molecule has 0 spiro atoms. The summed E-state index contributed by atoms with van der Waals surface area (Å²) < 4.78 is 30.3. The number of aromatic amines is 1. The quantitative estimate of drug-likeness (QED) is 0.232. The van der Waals surface area contributed by atoms with Crippen molar-refractivity contribution in [2.75, 3.05) is 5.73 Å². The Hall–Kier alpha value is -5.48. The Labute approximate surface area is 247 Å². The zero-order valence-electron chi connectivity index (χ0n) is 23.1. The van der Waals surface area contributed by atoms with E-state index in [-0.39, 0.29) is 22.0 Å². The molecule has 3 N–H and O–H groups in total. The van der Waals surface area contributed by atoms with Gasteiger partial charge in [0.25, 0.3) is 10.0 Å². The third-order valence-corrected chi connectivity index (χ3v) is 9.23. The molecule has 4 aromatic carbocycles. The van der Waals surface area contributed by atoms with Crippen molar-refractivity contribution < 1.29 is 13.2 Å². The normalized spacial score (nSPS) is 11.8. The molecule has 0 radical (unpaired) electrons. The van der Waals surface area contributed by atoms with Crippen molar-refractivity contribution in [2.24, 2.45) is 0 Å². The Balaban J connectivity index is 1.27. The number of hydrogen-bond acceptors (Lipinski definition) is 6. The smallest absolute Gasteiger partial charge is 0.268 e. The van der Waals surface area contributed by atoms with E-state index in [0.717, 1.165) is 32.0 Å². The van der Waals surface area contributed by atoms with Gasteiger partial charge in [0.05, 0.1) is 38.9 Å². The van der Waals surface area contributed by atoms with Gasteiger partial charge in [-0.25, -0.2) is 22.1 Å². The Morgan fingerprint density at radius 3 is 2.44 bits per heavy atom. The van der Waals surface area contributed by atoms with Gasteiger partial charge in [-0.2, -0.15) is 5.10 Å². The summed E-state index contributed by atoms with van der Waals surface area (Å²) in [6.07, 6.45) is 2.03. The van der Waals surface area contributed by atoms with Crippen LogP contribution in [0.25, 0.3) is 27.6 Å². The van der Waals surface area contributed by atoms with Gasteiger partial charge in [-0.1, -0.05) is 66.2 Å². The molecule has 0 bridgehead atoms. The first kappa shape index (κ1) is 26.4. The van der Waals surface area contributed by atoms with Crippen molar-refractivity contribution in [1.82, 2.24) is 23.7 Å². The first-order chi connectivity index (χ1) is 20.8. The number of H-pyrrole nitrogens is 1. The van der Waals surface area contributed by atoms with Gasteiger partial charge in [-0.15, -0.1) is 0 Å². The molecule has 43 heavy (non-hydrogen) atoms. The summed E-state index contributed by atoms with van der Waals surface area (Å²) >= 11 is 0. The summed E-state index contributed by atoms with van der Waals surface area (Å²) in [5.74, 6) is 0.362. The number of imidazole rings is 1. The fourth-order valence-electron chi connectivity index (χ4n) is 5.29. The highest BCUT2D eigenvalue weighted by molar-refractivity contribution is 7.90. The molecule has 10 heteroatoms. The highest BCUT2D eigenvalue weighted by Crippen LogP contribution is 2.30. The number of nitrogen functional groups attached to an aromatic ring is 1. The number of fused-ring (bicyclic) bond motifs is 2. The number of ketones is 1. The van der Waals surface area contributed by atoms with E-state index in [4.69, 9.17) is 10.7 Å². The number of nitrogens with two attached hydrogens (primary N) is 1. The number of carbonyl (C=O) groups is 1. The van der Waals surface area contributed by atoms with Crippen molar-refractivity contribution in [3.63, 3.8) is 0 Å². The van der Waals surface area contributed by atoms with Crippen LogP contribution in [-0.4, -0.2) is 37.9 Å². The van der Waals surface area contributed by atoms with Crippen LogP contribution in [-0.2, 0) is 16.4 Å². The number of aromatic nitrogens is 5. The predicted octanol–water partition coefficient (Wildman–Crippen LogP) is 5.65. The third-order valence-electron chi connectivity index (χ3n) is 7.48. The maximum absolute atomic E-state index is 14.0. The predicted molar refractivity (Wildman–Crippen MR) is 166 cm³/mol. The van der Waals surface area contributed by atoms with E-state index >= 15 is 0 Å². The second-order valence-electron chi connectivity index (χ2n) is 10.4. The summed E-state index contributed by atoms with van der Waals surface area (Å²) in [5, 5.41) is 5.02. The van der Waals surface area contributed by atoms with E-state index in [1.54, 1.807) is 42.5 Å². The molecule has 7 rings (SSSR count). The fraction of sp³-hybridized carbons (Fsp3) is 0.0606. The molecule has 0 saturated carbocycles. The second-order valence-corrected chi connectivity index (χ2v) is 12.2. The van der Waals surface area contributed by atoms with Crippen LogP contribution >= 0.6 is 0 Å². The summed E-state index contributed by atoms with van der Waals surface area (Å²) in [6, 6.07) is 30.7. The highest BCUT2D eigenvalue weighted by atomic mass is 32.2. The number of carbonyl (C=O) groups excluding carboxylic acids is 1. The van der Waals surface area contributed by atoms with Crippen LogP contribution in [0.1, 0.15) is 33.0 Å². The van der Waals surface area contributed by atoms with Gasteiger partial charge in [0.1, 0.15) is 17.3 Å². The van der Waals surface area contributed by atoms with Crippen LogP contribution < -0.4 is 5.73 Å². The largest absolute Gasteiger partial charge is 0.383 e. The Bertz CT molecular complexity index is 2260. The lowest BCUT2D eigenvalue weighted by Crippen LogP contribution is -2.19. The molecule has 0 saturated heterocycles. The average Bonchev–Trinajstić information content (AvgIpc) is 3.71. The van der Waals surface area contributed by atoms with E-state index in [2.05, 4.69) is 10.1 Å². The monoisotopic (exact) mass is 586 g/mol. The first-order valence-corrected chi connectivity index (χ1v) is 15.1. The molecule has 0 unspecified atom stereocenters. The minimum atomic E-state index is -4.11. The van der Waals surface area contributed by atoms with Crippen molar-refractivity contribution in [3.05, 3.63) is 138 Å². The summed E-state index contributed by atoms with van der Waals surface area (Å²) in [4.78, 5) is 22.1. The topological polar surface area (TPSA) is 129 Å². The standard InChI is InChI=1S/C33H26N6O3S/c1-21-11-14-25(15-12-21)43(41,42)39-29-10-6-5-9-23(29)18-30(39)32(40)26-20-35-38(33(26)34)24-13-16-27-28(19-24)37-31(36-27)17-22-7-3-2-4-8-22/h2-16,18-20H,17,34H2,1H3,(H,36,37). The molecule has 0 aliphatic carbocycles. The third kappa shape index (κ3) is 4.58. The highest BCUT2D eigenvalue weighted by Gasteiger charge is 2.29. The van der Waals surface area contributed by atoms with Crippen LogP contribution in [0.4, 0.5) is 5.82 Å². The molecule has 0 aliphatic rings. The van der Waals surface area contributed by atoms with Gasteiger partial charge in [-0.3, -0.25) is 4.79 Å². The first-order valence-electron chi connectivity index (χ1n) is 13.6. The lowest BCUT2D eigenvalue weighted by atomic mass is 10.1. The zero-order valence-corrected chi connectivity index (χ0v) is 23.9. The number of nitrogens with zero attached hydrogens (tertiary/aromatic N) is 4. The van der Waals surface area contributed by atoms with Crippen LogP contribution in [0.5, 0.6) is 0 Å². The van der Waals surface area contributed by atoms with Gasteiger partial charge in [0.15, 0.2) is 0 Å². The maximum Gasteiger partial charge on any atom is 0.268 e. The van der Waals surface area contributed by atoms with Crippen molar-refractivity contribution in [2.45, 2.75) is 18.2 Å². The van der Waals surface area contributed by atoms with Crippen LogP contribution in [0.15, 0.2) is 114 Å². The molecular formula is C33H26N6O3S. The maximum atomic E-state index is 14.0. The minimum Gasteiger partial charge on any atom is -0.383 e. The molecular weight excluding hydrogens is 560 g/mol. The summed E-state index contributed by atoms with van der Waals surface area (Å²) in [7, 11) is -4.11. The Morgan fingerprint density at radius 1 is 0.907 bits per heavy atom. The minimum absolute atomic E-state index is 0.0265. The molecule has 9 nitrogen and oxygen atoms in total. The molecule has 0 fully saturated rings. The number of para-hydroxylation sites is 1. The van der Waals surface area contributed by atoms with Crippen molar-refractivity contribution in [3.8, 4) is 5.69 Å². The summed E-state index contributed by atoms with van der Waals surface area (Å²) in [6.45, 7) is 1.88. The Kier molecular flexibility index (Phi) is 6.21. The van der Waals surface area contributed by atoms with E-state index in [0.29, 0.717) is 23.0 Å². The van der Waals surface area contributed by atoms with Gasteiger partial charge >= 0.3 is 0 Å². The van der Waals surface area contributed by atoms with E-state index in [9.17, 15) is 13.2 Å². The van der Waals surface area contributed by atoms with Crippen LogP contribution in [0.2, 0.25) is 0 Å². The van der Waals surface area contributed by atoms with Crippen molar-refractivity contribution in [1.29, 1.82) is 0 Å². The van der Waals surface area contributed by atoms with E-state index in [1.165, 1.54) is 23.0 Å². The average molecular weight is 587 g/mol. The zero-order chi connectivity index (χ0) is 29.7. The lowest BCUT2D eigenvalue weighted by Gasteiger charge is -2.12. The number of rotatable bonds is 7. The molecule has 3 heterocycles. The Morgan fingerprint density at radius 2 is 1.65 bits per heavy atom. The number of hydrogen-bond donors (Lipinski definition) is 2. The number of aryl methyl sites for hydroxylation is 1. The molecule has 0 amide bonds. The number of anilines is 1. The van der Waals surface area contributed by atoms with Crippen LogP contribution in [0, 0.1) is 6.92 Å². The van der Waals surface area contributed by atoms with Gasteiger partial charge in [-0.05, 0) is 55.0 Å². The summed E-state index contributed by atoms with van der Waals surface area (Å²) in [5.41, 5.74) is 11.2. The molecule has 0 atom stereocenters. The number of benzene rings is 4. The molecule has 212 valence electrons. The molecule has 0 aliphatic heterocycles. The SMILES string of the molecule is Cc1ccc(S(=O)(=O)n2c(C(=O)c3cnn(-c4ccc5[nH]c(Cc6ccccc6)nc5c4)c3N)cc3ccccc32)cc1. The fourth-order valence-corrected chi connectivity index (χ4v) is 6.80. The van der Waals surface area contributed by atoms with Crippen LogP contribution in [0.3, 0.4) is 0 Å².